The molecule has 1 aromatic rings. The summed E-state index contributed by atoms with van der Waals surface area (Å²) in [4.78, 5) is 29.7. The van der Waals surface area contributed by atoms with Crippen LogP contribution in [0.3, 0.4) is 0 Å². The van der Waals surface area contributed by atoms with Gasteiger partial charge in [0, 0.05) is 24.7 Å². The van der Waals surface area contributed by atoms with Gasteiger partial charge in [-0.05, 0) is 56.6 Å². The standard InChI is InChI=1S/C18H25Cl2N3O2S/c1-22-7-3-8-23(10-9-22)18(25)16(6-11-26-2)21-17(24)14-5-4-13(19)12-15(14)20/h4-5,12,16H,3,6-11H2,1-2H3,(H,21,24). The molecule has 5 nitrogen and oxygen atoms in total. The van der Waals surface area contributed by atoms with E-state index in [4.69, 9.17) is 23.2 Å². The third-order valence-electron chi connectivity index (χ3n) is 4.42. The number of rotatable bonds is 6. The Hall–Kier alpha value is -0.950. The Labute approximate surface area is 169 Å². The van der Waals surface area contributed by atoms with Gasteiger partial charge in [0.2, 0.25) is 5.91 Å². The quantitative estimate of drug-likeness (QED) is 0.772. The number of hydrogen-bond donors (Lipinski definition) is 1. The summed E-state index contributed by atoms with van der Waals surface area (Å²) < 4.78 is 0. The zero-order valence-corrected chi connectivity index (χ0v) is 17.5. The maximum Gasteiger partial charge on any atom is 0.253 e. The van der Waals surface area contributed by atoms with Crippen molar-refractivity contribution in [3.63, 3.8) is 0 Å². The fourth-order valence-corrected chi connectivity index (χ4v) is 3.86. The fraction of sp³-hybridized carbons (Fsp3) is 0.556. The molecular weight excluding hydrogens is 393 g/mol. The van der Waals surface area contributed by atoms with E-state index < -0.39 is 6.04 Å². The average Bonchev–Trinajstić information content (AvgIpc) is 2.82. The van der Waals surface area contributed by atoms with Crippen molar-refractivity contribution < 1.29 is 9.59 Å². The van der Waals surface area contributed by atoms with Crippen LogP contribution in [0, 0.1) is 0 Å². The van der Waals surface area contributed by atoms with Crippen LogP contribution in [-0.4, -0.2) is 72.9 Å². The topological polar surface area (TPSA) is 52.7 Å². The summed E-state index contributed by atoms with van der Waals surface area (Å²) in [6, 6.07) is 4.18. The van der Waals surface area contributed by atoms with Gasteiger partial charge >= 0.3 is 0 Å². The molecule has 1 atom stereocenters. The van der Waals surface area contributed by atoms with Gasteiger partial charge in [-0.15, -0.1) is 0 Å². The van der Waals surface area contributed by atoms with E-state index in [1.807, 2.05) is 11.2 Å². The summed E-state index contributed by atoms with van der Waals surface area (Å²) in [6.07, 6.45) is 3.51. The minimum atomic E-state index is -0.551. The van der Waals surface area contributed by atoms with Gasteiger partial charge < -0.3 is 15.1 Å². The van der Waals surface area contributed by atoms with Crippen molar-refractivity contribution in [2.45, 2.75) is 18.9 Å². The second kappa shape index (κ2) is 10.4. The summed E-state index contributed by atoms with van der Waals surface area (Å²) in [5.41, 5.74) is 0.327. The van der Waals surface area contributed by atoms with Gasteiger partial charge in [0.15, 0.2) is 0 Å². The minimum Gasteiger partial charge on any atom is -0.340 e. The van der Waals surface area contributed by atoms with Crippen LogP contribution in [-0.2, 0) is 4.79 Å². The molecule has 26 heavy (non-hydrogen) atoms. The highest BCUT2D eigenvalue weighted by Crippen LogP contribution is 2.21. The van der Waals surface area contributed by atoms with Gasteiger partial charge in [-0.3, -0.25) is 9.59 Å². The molecule has 0 spiro atoms. The predicted molar refractivity (Wildman–Crippen MR) is 109 cm³/mol. The van der Waals surface area contributed by atoms with Gasteiger partial charge in [-0.25, -0.2) is 0 Å². The van der Waals surface area contributed by atoms with Gasteiger partial charge in [-0.1, -0.05) is 23.2 Å². The van der Waals surface area contributed by atoms with Crippen LogP contribution in [0.15, 0.2) is 18.2 Å². The highest BCUT2D eigenvalue weighted by Gasteiger charge is 2.27. The van der Waals surface area contributed by atoms with Crippen LogP contribution in [0.4, 0.5) is 0 Å². The van der Waals surface area contributed by atoms with E-state index in [-0.39, 0.29) is 16.8 Å². The third-order valence-corrected chi connectivity index (χ3v) is 5.61. The SMILES string of the molecule is CSCCC(NC(=O)c1ccc(Cl)cc1Cl)C(=O)N1CCCN(C)CC1. The number of benzene rings is 1. The number of nitrogens with zero attached hydrogens (tertiary/aromatic N) is 2. The molecule has 1 aromatic carbocycles. The van der Waals surface area contributed by atoms with E-state index in [2.05, 4.69) is 17.3 Å². The summed E-state index contributed by atoms with van der Waals surface area (Å²) in [7, 11) is 2.06. The molecule has 0 aromatic heterocycles. The lowest BCUT2D eigenvalue weighted by Gasteiger charge is -2.27. The normalized spacial score (nSPS) is 16.8. The van der Waals surface area contributed by atoms with Crippen molar-refractivity contribution >= 4 is 46.8 Å². The number of carbonyl (C=O) groups excluding carboxylic acids is 2. The molecule has 2 amide bonds. The van der Waals surface area contributed by atoms with E-state index in [1.54, 1.807) is 23.9 Å². The number of halogens is 2. The van der Waals surface area contributed by atoms with Gasteiger partial charge in [0.05, 0.1) is 10.6 Å². The largest absolute Gasteiger partial charge is 0.340 e. The van der Waals surface area contributed by atoms with Crippen molar-refractivity contribution in [1.82, 2.24) is 15.1 Å². The first kappa shape index (κ1) is 21.4. The Bertz CT molecular complexity index is 645. The number of hydrogen-bond acceptors (Lipinski definition) is 4. The van der Waals surface area contributed by atoms with Gasteiger partial charge in [0.25, 0.3) is 5.91 Å². The number of nitrogens with one attached hydrogen (secondary N) is 1. The Morgan fingerprint density at radius 1 is 1.23 bits per heavy atom. The monoisotopic (exact) mass is 417 g/mol. The van der Waals surface area contributed by atoms with Crippen LogP contribution < -0.4 is 5.32 Å². The summed E-state index contributed by atoms with van der Waals surface area (Å²) >= 11 is 13.7. The molecule has 1 unspecified atom stereocenters. The Balaban J connectivity index is 2.10. The minimum absolute atomic E-state index is 0.0206. The van der Waals surface area contributed by atoms with E-state index in [9.17, 15) is 9.59 Å². The molecule has 1 heterocycles. The number of carbonyl (C=O) groups is 2. The first-order valence-corrected chi connectivity index (χ1v) is 10.8. The van der Waals surface area contributed by atoms with Crippen molar-refractivity contribution in [1.29, 1.82) is 0 Å². The van der Waals surface area contributed by atoms with Crippen molar-refractivity contribution in [2.75, 3.05) is 45.2 Å². The zero-order valence-electron chi connectivity index (χ0n) is 15.1. The third kappa shape index (κ3) is 6.05. The van der Waals surface area contributed by atoms with Crippen LogP contribution in [0.5, 0.6) is 0 Å². The summed E-state index contributed by atoms with van der Waals surface area (Å²) in [5.74, 6) is 0.421. The molecule has 0 saturated carbocycles. The Morgan fingerprint density at radius 2 is 2.00 bits per heavy atom. The molecule has 1 aliphatic heterocycles. The van der Waals surface area contributed by atoms with E-state index in [0.717, 1.165) is 31.8 Å². The molecule has 0 aliphatic carbocycles. The van der Waals surface area contributed by atoms with Crippen LogP contribution in [0.25, 0.3) is 0 Å². The Kier molecular flexibility index (Phi) is 8.54. The number of thioether (sulfide) groups is 1. The van der Waals surface area contributed by atoms with E-state index >= 15 is 0 Å². The van der Waals surface area contributed by atoms with Crippen molar-refractivity contribution in [2.24, 2.45) is 0 Å². The maximum atomic E-state index is 13.0. The average molecular weight is 418 g/mol. The first-order valence-electron chi connectivity index (χ1n) is 8.64. The van der Waals surface area contributed by atoms with Gasteiger partial charge in [-0.2, -0.15) is 11.8 Å². The number of likely N-dealkylation sites (N-methyl/N-ethyl adjacent to an activating group) is 1. The molecule has 2 rings (SSSR count). The highest BCUT2D eigenvalue weighted by atomic mass is 35.5. The van der Waals surface area contributed by atoms with Crippen molar-refractivity contribution in [3.8, 4) is 0 Å². The fourth-order valence-electron chi connectivity index (χ4n) is 2.89. The highest BCUT2D eigenvalue weighted by molar-refractivity contribution is 7.98. The van der Waals surface area contributed by atoms with Crippen molar-refractivity contribution in [3.05, 3.63) is 33.8 Å². The number of amides is 2. The lowest BCUT2D eigenvalue weighted by atomic mass is 10.1. The van der Waals surface area contributed by atoms with Crippen LogP contribution in [0.1, 0.15) is 23.2 Å². The molecule has 1 fully saturated rings. The first-order chi connectivity index (χ1) is 12.4. The van der Waals surface area contributed by atoms with E-state index in [1.165, 1.54) is 6.07 Å². The van der Waals surface area contributed by atoms with Gasteiger partial charge in [0.1, 0.15) is 6.04 Å². The lowest BCUT2D eigenvalue weighted by Crippen LogP contribution is -2.49. The molecule has 8 heteroatoms. The second-order valence-corrected chi connectivity index (χ2v) is 8.24. The second-order valence-electron chi connectivity index (χ2n) is 6.41. The lowest BCUT2D eigenvalue weighted by molar-refractivity contribution is -0.133. The smallest absolute Gasteiger partial charge is 0.253 e. The van der Waals surface area contributed by atoms with Crippen LogP contribution >= 0.6 is 35.0 Å². The summed E-state index contributed by atoms with van der Waals surface area (Å²) in [5, 5.41) is 3.62. The van der Waals surface area contributed by atoms with Crippen LogP contribution in [0.2, 0.25) is 10.0 Å². The molecule has 0 radical (unpaired) electrons. The Morgan fingerprint density at radius 3 is 2.69 bits per heavy atom. The maximum absolute atomic E-state index is 13.0. The predicted octanol–water partition coefficient (Wildman–Crippen LogP) is 3.01. The molecule has 0 bridgehead atoms. The molecule has 1 N–H and O–H groups in total. The molecule has 144 valence electrons. The summed E-state index contributed by atoms with van der Waals surface area (Å²) in [6.45, 7) is 3.23. The molecular formula is C18H25Cl2N3O2S. The van der Waals surface area contributed by atoms with E-state index in [0.29, 0.717) is 23.6 Å². The molecule has 1 aliphatic rings. The molecule has 1 saturated heterocycles. The zero-order chi connectivity index (χ0) is 19.1.